The van der Waals surface area contributed by atoms with Gasteiger partial charge in [0, 0.05) is 6.04 Å². The van der Waals surface area contributed by atoms with Gasteiger partial charge in [0.2, 0.25) is 0 Å². The molecule has 0 aromatic heterocycles. The average molecular weight is 255 g/mol. The minimum atomic E-state index is -0.236. The number of allylic oxidation sites excluding steroid dienone is 1. The van der Waals surface area contributed by atoms with Gasteiger partial charge in [0.15, 0.2) is 0 Å². The maximum atomic E-state index is 6.07. The summed E-state index contributed by atoms with van der Waals surface area (Å²) in [6.45, 7) is 8.40. The van der Waals surface area contributed by atoms with Crippen LogP contribution < -0.4 is 5.09 Å². The molecule has 0 aromatic carbocycles. The van der Waals surface area contributed by atoms with Crippen molar-refractivity contribution in [2.24, 2.45) is 0 Å². The molecule has 1 aliphatic heterocycles. The van der Waals surface area contributed by atoms with E-state index in [9.17, 15) is 0 Å². The van der Waals surface area contributed by atoms with Crippen LogP contribution in [-0.4, -0.2) is 24.4 Å². The first-order valence-electron chi connectivity index (χ1n) is 6.36. The van der Waals surface area contributed by atoms with Gasteiger partial charge in [-0.15, -0.1) is 0 Å². The summed E-state index contributed by atoms with van der Waals surface area (Å²) in [7, 11) is 2.44. The maximum absolute atomic E-state index is 6.07. The Morgan fingerprint density at radius 3 is 2.41 bits per heavy atom. The predicted octanol–water partition coefficient (Wildman–Crippen LogP) is 2.48. The topological polar surface area (TPSA) is 30.5 Å². The number of hydrogen-bond donors (Lipinski definition) is 1. The third-order valence-corrected chi connectivity index (χ3v) is 4.67. The summed E-state index contributed by atoms with van der Waals surface area (Å²) in [6, 6.07) is 0.527. The molecule has 2 atom stereocenters. The molecule has 0 radical (unpaired) electrons. The van der Waals surface area contributed by atoms with E-state index in [2.05, 4.69) is 48.2 Å². The van der Waals surface area contributed by atoms with Crippen molar-refractivity contribution in [1.29, 1.82) is 0 Å². The molecule has 2 unspecified atom stereocenters. The standard InChI is InChI=1S/C12H23BNO2P/c1-11(2)12(3,4)16-13(15-11)9-6-5-7-10(8-9)14-17/h6,10,14H,5,7-8,17H2,1-4H3. The van der Waals surface area contributed by atoms with Crippen molar-refractivity contribution in [1.82, 2.24) is 5.09 Å². The first-order chi connectivity index (χ1) is 7.86. The molecule has 1 saturated heterocycles. The molecule has 2 rings (SSSR count). The summed E-state index contributed by atoms with van der Waals surface area (Å²) in [5.41, 5.74) is 0.814. The Kier molecular flexibility index (Phi) is 3.71. The lowest BCUT2D eigenvalue weighted by Gasteiger charge is -2.32. The number of rotatable bonds is 2. The zero-order valence-corrected chi connectivity index (χ0v) is 12.4. The second-order valence-electron chi connectivity index (χ2n) is 6.01. The molecule has 0 saturated carbocycles. The van der Waals surface area contributed by atoms with E-state index >= 15 is 0 Å². The molecule has 2 aliphatic rings. The van der Waals surface area contributed by atoms with E-state index in [1.807, 2.05) is 0 Å². The Labute approximate surface area is 107 Å². The van der Waals surface area contributed by atoms with Gasteiger partial charge in [0.25, 0.3) is 0 Å². The molecule has 1 heterocycles. The molecule has 0 amide bonds. The van der Waals surface area contributed by atoms with Crippen molar-refractivity contribution in [3.63, 3.8) is 0 Å². The van der Waals surface area contributed by atoms with Gasteiger partial charge < -0.3 is 9.31 Å². The predicted molar refractivity (Wildman–Crippen MR) is 74.6 cm³/mol. The van der Waals surface area contributed by atoms with Crippen LogP contribution in [0.4, 0.5) is 0 Å². The third kappa shape index (κ3) is 2.60. The normalized spacial score (nSPS) is 31.5. The zero-order valence-electron chi connectivity index (χ0n) is 11.2. The van der Waals surface area contributed by atoms with Gasteiger partial charge >= 0.3 is 7.12 Å². The lowest BCUT2D eigenvalue weighted by atomic mass is 9.71. The van der Waals surface area contributed by atoms with Crippen molar-refractivity contribution in [2.75, 3.05) is 0 Å². The van der Waals surface area contributed by atoms with Crippen LogP contribution in [0.5, 0.6) is 0 Å². The molecule has 1 aliphatic carbocycles. The minimum absolute atomic E-state index is 0.166. The lowest BCUT2D eigenvalue weighted by molar-refractivity contribution is 0.00578. The summed E-state index contributed by atoms with van der Waals surface area (Å²) in [5.74, 6) is 0. The van der Waals surface area contributed by atoms with Gasteiger partial charge in [-0.3, -0.25) is 5.09 Å². The molecule has 17 heavy (non-hydrogen) atoms. The molecule has 0 bridgehead atoms. The van der Waals surface area contributed by atoms with E-state index in [1.165, 1.54) is 11.9 Å². The first-order valence-corrected chi connectivity index (χ1v) is 6.94. The van der Waals surface area contributed by atoms with Crippen molar-refractivity contribution in [3.05, 3.63) is 11.5 Å². The molecule has 96 valence electrons. The summed E-state index contributed by atoms with van der Waals surface area (Å²) >= 11 is 0. The van der Waals surface area contributed by atoms with Crippen molar-refractivity contribution < 1.29 is 9.31 Å². The van der Waals surface area contributed by atoms with Crippen LogP contribution in [0.3, 0.4) is 0 Å². The largest absolute Gasteiger partial charge is 0.490 e. The van der Waals surface area contributed by atoms with E-state index in [4.69, 9.17) is 9.31 Å². The quantitative estimate of drug-likeness (QED) is 0.607. The van der Waals surface area contributed by atoms with Crippen LogP contribution in [0.1, 0.15) is 47.0 Å². The van der Waals surface area contributed by atoms with Crippen LogP contribution in [0, 0.1) is 0 Å². The summed E-state index contributed by atoms with van der Waals surface area (Å²) < 4.78 is 12.1. The number of hydrogen-bond acceptors (Lipinski definition) is 3. The lowest BCUT2D eigenvalue weighted by Crippen LogP contribution is -2.41. The summed E-state index contributed by atoms with van der Waals surface area (Å²) in [4.78, 5) is 0. The SMILES string of the molecule is CC1(C)OB(C2=CCCC(NP)C2)OC1(C)C. The summed E-state index contributed by atoms with van der Waals surface area (Å²) in [6.07, 6.45) is 5.58. The Morgan fingerprint density at radius 1 is 1.29 bits per heavy atom. The number of nitrogens with one attached hydrogen (secondary N) is 1. The highest BCUT2D eigenvalue weighted by Crippen LogP contribution is 2.40. The molecule has 0 aromatic rings. The van der Waals surface area contributed by atoms with Gasteiger partial charge in [-0.1, -0.05) is 15.5 Å². The highest BCUT2D eigenvalue weighted by Gasteiger charge is 2.52. The van der Waals surface area contributed by atoms with Crippen LogP contribution in [0.2, 0.25) is 0 Å². The van der Waals surface area contributed by atoms with Crippen molar-refractivity contribution in [2.45, 2.75) is 64.2 Å². The average Bonchev–Trinajstić information content (AvgIpc) is 2.48. The first kappa shape index (κ1) is 13.5. The Bertz CT molecular complexity index is 314. The highest BCUT2D eigenvalue weighted by atomic mass is 31.0. The minimum Gasteiger partial charge on any atom is -0.400 e. The zero-order chi connectivity index (χ0) is 12.7. The highest BCUT2D eigenvalue weighted by molar-refractivity contribution is 7.13. The van der Waals surface area contributed by atoms with Gasteiger partial charge in [-0.2, -0.15) is 0 Å². The molecular formula is C12H23BNO2P. The van der Waals surface area contributed by atoms with Gasteiger partial charge in [0.1, 0.15) is 0 Å². The maximum Gasteiger partial charge on any atom is 0.490 e. The third-order valence-electron chi connectivity index (χ3n) is 4.20. The fourth-order valence-corrected chi connectivity index (χ4v) is 2.55. The Balaban J connectivity index is 2.08. The van der Waals surface area contributed by atoms with Gasteiger partial charge in [-0.25, -0.2) is 0 Å². The van der Waals surface area contributed by atoms with Gasteiger partial charge in [0.05, 0.1) is 11.2 Å². The van der Waals surface area contributed by atoms with Crippen molar-refractivity contribution >= 4 is 16.5 Å². The van der Waals surface area contributed by atoms with E-state index in [0.717, 1.165) is 12.8 Å². The van der Waals surface area contributed by atoms with Crippen LogP contribution in [-0.2, 0) is 9.31 Å². The monoisotopic (exact) mass is 255 g/mol. The second-order valence-corrected chi connectivity index (χ2v) is 6.35. The van der Waals surface area contributed by atoms with Gasteiger partial charge in [-0.05, 0) is 52.4 Å². The Morgan fingerprint density at radius 2 is 1.88 bits per heavy atom. The summed E-state index contributed by atoms with van der Waals surface area (Å²) in [5, 5.41) is 3.26. The van der Waals surface area contributed by atoms with E-state index in [1.54, 1.807) is 0 Å². The molecule has 3 nitrogen and oxygen atoms in total. The molecule has 5 heteroatoms. The molecule has 1 N–H and O–H groups in total. The smallest absolute Gasteiger partial charge is 0.400 e. The van der Waals surface area contributed by atoms with Crippen LogP contribution in [0.25, 0.3) is 0 Å². The fourth-order valence-electron chi connectivity index (χ4n) is 2.27. The van der Waals surface area contributed by atoms with E-state index in [0.29, 0.717) is 6.04 Å². The Hall–Kier alpha value is 0.115. The van der Waals surface area contributed by atoms with Crippen molar-refractivity contribution in [3.8, 4) is 0 Å². The molecular weight excluding hydrogens is 232 g/mol. The van der Waals surface area contributed by atoms with Crippen LogP contribution in [0.15, 0.2) is 11.5 Å². The van der Waals surface area contributed by atoms with E-state index in [-0.39, 0.29) is 18.3 Å². The molecule has 1 fully saturated rings. The fraction of sp³-hybridized carbons (Fsp3) is 0.833. The second kappa shape index (κ2) is 4.66. The van der Waals surface area contributed by atoms with Crippen LogP contribution >= 0.6 is 9.39 Å². The molecule has 0 spiro atoms. The van der Waals surface area contributed by atoms with E-state index < -0.39 is 0 Å².